The van der Waals surface area contributed by atoms with Gasteiger partial charge in [0.25, 0.3) is 0 Å². The van der Waals surface area contributed by atoms with Crippen molar-refractivity contribution in [2.24, 2.45) is 11.8 Å². The summed E-state index contributed by atoms with van der Waals surface area (Å²) in [4.78, 5) is 65.0. The molecule has 0 aliphatic rings. The van der Waals surface area contributed by atoms with Crippen LogP contribution < -0.4 is 21.3 Å². The van der Waals surface area contributed by atoms with Gasteiger partial charge < -0.3 is 35.8 Å². The second kappa shape index (κ2) is 17.8. The Labute approximate surface area is 271 Å². The van der Waals surface area contributed by atoms with Crippen LogP contribution in [-0.2, 0) is 30.5 Å². The van der Waals surface area contributed by atoms with Crippen molar-refractivity contribution >= 4 is 30.0 Å². The summed E-state index contributed by atoms with van der Waals surface area (Å²) in [7, 11) is 0. The second-order valence-corrected chi connectivity index (χ2v) is 12.9. The molecule has 0 saturated carbocycles. The Balaban J connectivity index is 2.26. The first-order chi connectivity index (χ1) is 21.6. The number of carbonyl (C=O) groups is 5. The molecule has 4 atom stereocenters. The molecule has 2 aromatic carbocycles. The van der Waals surface area contributed by atoms with Crippen LogP contribution in [-0.4, -0.2) is 58.8 Å². The van der Waals surface area contributed by atoms with Crippen molar-refractivity contribution in [3.05, 3.63) is 71.8 Å². The highest BCUT2D eigenvalue weighted by Gasteiger charge is 2.36. The van der Waals surface area contributed by atoms with Gasteiger partial charge in [-0.2, -0.15) is 0 Å². The van der Waals surface area contributed by atoms with E-state index >= 15 is 0 Å². The van der Waals surface area contributed by atoms with Gasteiger partial charge in [0.15, 0.2) is 6.04 Å². The molecule has 46 heavy (non-hydrogen) atoms. The van der Waals surface area contributed by atoms with Gasteiger partial charge in [0.05, 0.1) is 6.04 Å². The van der Waals surface area contributed by atoms with Crippen LogP contribution in [0.4, 0.5) is 9.59 Å². The van der Waals surface area contributed by atoms with E-state index in [-0.39, 0.29) is 31.3 Å². The third-order valence-electron chi connectivity index (χ3n) is 6.60. The number of alkyl carbamates (subject to hydrolysis) is 2. The van der Waals surface area contributed by atoms with E-state index in [0.29, 0.717) is 5.56 Å². The number of hydrogen-bond acceptors (Lipinski definition) is 7. The molecule has 0 aliphatic heterocycles. The van der Waals surface area contributed by atoms with Gasteiger partial charge in [-0.3, -0.25) is 9.59 Å². The minimum absolute atomic E-state index is 0.00417. The maximum atomic E-state index is 13.7. The third-order valence-corrected chi connectivity index (χ3v) is 6.60. The molecule has 12 nitrogen and oxygen atoms in total. The molecule has 0 unspecified atom stereocenters. The van der Waals surface area contributed by atoms with Crippen molar-refractivity contribution in [1.29, 1.82) is 0 Å². The van der Waals surface area contributed by atoms with Crippen molar-refractivity contribution in [2.45, 2.75) is 97.7 Å². The molecule has 0 radical (unpaired) electrons. The molecule has 2 rings (SSSR count). The smallest absolute Gasteiger partial charge is 0.408 e. The summed E-state index contributed by atoms with van der Waals surface area (Å²) in [5.41, 5.74) is 0.342. The van der Waals surface area contributed by atoms with Crippen LogP contribution in [0.1, 0.15) is 78.5 Å². The molecule has 0 saturated heterocycles. The Morgan fingerprint density at radius 1 is 0.696 bits per heavy atom. The molecule has 0 fully saturated rings. The first kappa shape index (κ1) is 37.6. The lowest BCUT2D eigenvalue weighted by Crippen LogP contribution is -2.58. The molecule has 252 valence electrons. The number of nitrogens with one attached hydrogen (secondary N) is 4. The molecule has 4 amide bonds. The first-order valence-electron chi connectivity index (χ1n) is 15.4. The Kier molecular flexibility index (Phi) is 14.5. The van der Waals surface area contributed by atoms with Crippen LogP contribution in [0.15, 0.2) is 60.7 Å². The lowest BCUT2D eigenvalue weighted by molar-refractivity contribution is -0.143. The largest absolute Gasteiger partial charge is 0.480 e. The summed E-state index contributed by atoms with van der Waals surface area (Å²) >= 11 is 0. The summed E-state index contributed by atoms with van der Waals surface area (Å²) < 4.78 is 10.6. The maximum Gasteiger partial charge on any atom is 0.408 e. The number of amides is 4. The molecule has 0 aromatic heterocycles. The number of ether oxygens (including phenoxy) is 2. The minimum atomic E-state index is -1.62. The van der Waals surface area contributed by atoms with Gasteiger partial charge in [0, 0.05) is 0 Å². The monoisotopic (exact) mass is 640 g/mol. The van der Waals surface area contributed by atoms with Crippen molar-refractivity contribution in [1.82, 2.24) is 21.3 Å². The summed E-state index contributed by atoms with van der Waals surface area (Å²) in [6.07, 6.45) is -1.22. The summed E-state index contributed by atoms with van der Waals surface area (Å²) in [6.45, 7) is 12.5. The molecule has 0 aliphatic carbocycles. The predicted octanol–water partition coefficient (Wildman–Crippen LogP) is 4.69. The number of hydrogen-bond donors (Lipinski definition) is 5. The second-order valence-electron chi connectivity index (χ2n) is 12.9. The standard InChI is InChI=1S/C34H48N4O8/c1-21(2)18-25(35-29(39)26(19-22(3)4)36-32(43)45-20-23-14-10-8-11-15-23)30(40)37-28(31(41)42)27(24-16-12-9-13-17-24)38-33(44)46-34(5,6)7/h8-17,21-22,25-28H,18-20H2,1-7H3,(H,35,39)(H,36,43)(H,37,40)(H,38,44)(H,41,42)/t25-,26+,27+,28-/m0/s1. The molecular weight excluding hydrogens is 592 g/mol. The minimum Gasteiger partial charge on any atom is -0.480 e. The highest BCUT2D eigenvalue weighted by atomic mass is 16.6. The molecule has 0 spiro atoms. The average Bonchev–Trinajstić information content (AvgIpc) is 2.96. The highest BCUT2D eigenvalue weighted by Crippen LogP contribution is 2.20. The molecule has 0 heterocycles. The van der Waals surface area contributed by atoms with Crippen LogP contribution in [0.3, 0.4) is 0 Å². The maximum absolute atomic E-state index is 13.7. The molecule has 5 N–H and O–H groups in total. The predicted molar refractivity (Wildman–Crippen MR) is 173 cm³/mol. The number of carbonyl (C=O) groups excluding carboxylic acids is 4. The lowest BCUT2D eigenvalue weighted by atomic mass is 9.97. The van der Waals surface area contributed by atoms with Crippen LogP contribution in [0.5, 0.6) is 0 Å². The zero-order valence-electron chi connectivity index (χ0n) is 27.7. The Morgan fingerprint density at radius 2 is 1.20 bits per heavy atom. The van der Waals surface area contributed by atoms with E-state index in [0.717, 1.165) is 5.56 Å². The van der Waals surface area contributed by atoms with Gasteiger partial charge in [-0.05, 0) is 56.6 Å². The summed E-state index contributed by atoms with van der Waals surface area (Å²) in [5.74, 6) is -2.87. The number of carboxylic acids is 1. The van der Waals surface area contributed by atoms with E-state index in [9.17, 15) is 29.1 Å². The molecular formula is C34H48N4O8. The number of carboxylic acid groups (broad SMARTS) is 1. The van der Waals surface area contributed by atoms with E-state index in [1.165, 1.54) is 0 Å². The zero-order valence-corrected chi connectivity index (χ0v) is 27.7. The Bertz CT molecular complexity index is 1300. The number of aliphatic carboxylic acids is 1. The first-order valence-corrected chi connectivity index (χ1v) is 15.4. The zero-order chi connectivity index (χ0) is 34.4. The van der Waals surface area contributed by atoms with Crippen molar-refractivity contribution in [3.63, 3.8) is 0 Å². The van der Waals surface area contributed by atoms with Crippen LogP contribution in [0.2, 0.25) is 0 Å². The van der Waals surface area contributed by atoms with Gasteiger partial charge in [-0.1, -0.05) is 88.4 Å². The summed E-state index contributed by atoms with van der Waals surface area (Å²) in [6, 6.07) is 12.4. The topological polar surface area (TPSA) is 172 Å². The molecule has 0 bridgehead atoms. The van der Waals surface area contributed by atoms with Crippen molar-refractivity contribution in [3.8, 4) is 0 Å². The highest BCUT2D eigenvalue weighted by molar-refractivity contribution is 5.93. The van der Waals surface area contributed by atoms with Gasteiger partial charge in [-0.15, -0.1) is 0 Å². The van der Waals surface area contributed by atoms with Gasteiger partial charge in [0.2, 0.25) is 11.8 Å². The average molecular weight is 641 g/mol. The van der Waals surface area contributed by atoms with E-state index in [1.54, 1.807) is 63.2 Å². The fourth-order valence-electron chi connectivity index (χ4n) is 4.58. The Morgan fingerprint density at radius 3 is 1.70 bits per heavy atom. The lowest BCUT2D eigenvalue weighted by Gasteiger charge is -2.30. The van der Waals surface area contributed by atoms with Gasteiger partial charge in [-0.25, -0.2) is 14.4 Å². The number of rotatable bonds is 15. The number of benzene rings is 2. The SMILES string of the molecule is CC(C)C[C@H](NC(=O)[C@@H](CC(C)C)NC(=O)OCc1ccccc1)C(=O)N[C@H](C(=O)O)[C@H](NC(=O)OC(C)(C)C)c1ccccc1. The van der Waals surface area contributed by atoms with Gasteiger partial charge in [0.1, 0.15) is 24.3 Å². The molecule has 12 heteroatoms. The van der Waals surface area contributed by atoms with Gasteiger partial charge >= 0.3 is 18.2 Å². The fourth-order valence-corrected chi connectivity index (χ4v) is 4.58. The van der Waals surface area contributed by atoms with Crippen molar-refractivity contribution < 1.29 is 38.6 Å². The third kappa shape index (κ3) is 13.6. The van der Waals surface area contributed by atoms with E-state index < -0.39 is 59.7 Å². The van der Waals surface area contributed by atoms with E-state index in [1.807, 2.05) is 45.9 Å². The van der Waals surface area contributed by atoms with Crippen LogP contribution >= 0.6 is 0 Å². The van der Waals surface area contributed by atoms with E-state index in [2.05, 4.69) is 21.3 Å². The normalized spacial score (nSPS) is 13.9. The Hall–Kier alpha value is -4.61. The molecule has 2 aromatic rings. The quantitative estimate of drug-likeness (QED) is 0.186. The fraction of sp³-hybridized carbons (Fsp3) is 0.500. The summed E-state index contributed by atoms with van der Waals surface area (Å²) in [5, 5.41) is 20.6. The van der Waals surface area contributed by atoms with Crippen molar-refractivity contribution in [2.75, 3.05) is 0 Å². The van der Waals surface area contributed by atoms with Crippen LogP contribution in [0.25, 0.3) is 0 Å². The van der Waals surface area contributed by atoms with E-state index in [4.69, 9.17) is 9.47 Å². The van der Waals surface area contributed by atoms with Crippen LogP contribution in [0, 0.1) is 11.8 Å².